The van der Waals surface area contributed by atoms with E-state index in [1.165, 1.54) is 48.5 Å². The molecule has 2 aliphatic heterocycles. The number of cyclic esters (lactones) is 2. The lowest BCUT2D eigenvalue weighted by atomic mass is 9.90. The summed E-state index contributed by atoms with van der Waals surface area (Å²) in [5.74, 6) is 0. The van der Waals surface area contributed by atoms with Crippen LogP contribution in [0.3, 0.4) is 0 Å². The Bertz CT molecular complexity index is 1780. The van der Waals surface area contributed by atoms with E-state index in [0.29, 0.717) is 0 Å². The van der Waals surface area contributed by atoms with Gasteiger partial charge in [-0.2, -0.15) is 26.3 Å². The third kappa shape index (κ3) is 6.69. The van der Waals surface area contributed by atoms with Crippen LogP contribution >= 0.6 is 23.2 Å². The van der Waals surface area contributed by atoms with Gasteiger partial charge in [0.2, 0.25) is 15.6 Å². The van der Waals surface area contributed by atoms with E-state index in [-0.39, 0.29) is 31.9 Å². The maximum Gasteiger partial charge on any atom is 0.447 e. The lowest BCUT2D eigenvalue weighted by Gasteiger charge is -2.39. The molecule has 0 aromatic heterocycles. The summed E-state index contributed by atoms with van der Waals surface area (Å²) < 4.78 is 117. The number of carbonyl (C=O) groups is 2. The minimum absolute atomic E-state index is 0.00215. The first-order valence-corrected chi connectivity index (χ1v) is 15.0. The monoisotopic (exact) mass is 714 g/mol. The van der Waals surface area contributed by atoms with Crippen LogP contribution in [-0.4, -0.2) is 46.5 Å². The Labute approximate surface area is 267 Å². The number of alkyl halides is 6. The fraction of sp³-hybridized carbons (Fsp3) is 0.259. The van der Waals surface area contributed by atoms with Gasteiger partial charge in [0.15, 0.2) is 0 Å². The highest BCUT2D eigenvalue weighted by atomic mass is 35.5. The fourth-order valence-corrected chi connectivity index (χ4v) is 5.93. The zero-order valence-corrected chi connectivity index (χ0v) is 25.7. The average Bonchev–Trinajstić information content (AvgIpc) is 2.95. The largest absolute Gasteiger partial charge is 0.447 e. The normalized spacial score (nSPS) is 20.9. The first-order valence-electron chi connectivity index (χ1n) is 12.7. The topological polar surface area (TPSA) is 135 Å². The highest BCUT2D eigenvalue weighted by Gasteiger charge is 2.63. The molecule has 19 heteroatoms. The molecule has 0 radical (unpaired) electrons. The molecule has 2 heterocycles. The van der Waals surface area contributed by atoms with E-state index in [1.807, 2.05) is 10.0 Å². The lowest BCUT2D eigenvalue weighted by molar-refractivity contribution is -0.275. The van der Waals surface area contributed by atoms with Crippen LogP contribution in [-0.2, 0) is 30.8 Å². The number of carbonyl (C=O) groups excluding carboxylic acids is 2. The number of halogens is 8. The van der Waals surface area contributed by atoms with E-state index < -0.39 is 58.0 Å². The van der Waals surface area contributed by atoms with E-state index >= 15 is 0 Å². The molecular formula is C27H22Cl2F6N4O6S. The summed E-state index contributed by atoms with van der Waals surface area (Å²) in [6.07, 6.45) is -12.5. The van der Waals surface area contributed by atoms with Crippen LogP contribution in [0.2, 0.25) is 10.0 Å². The molecule has 2 amide bonds. The predicted molar refractivity (Wildman–Crippen MR) is 154 cm³/mol. The van der Waals surface area contributed by atoms with Crippen LogP contribution in [0.5, 0.6) is 0 Å². The van der Waals surface area contributed by atoms with Crippen molar-refractivity contribution in [2.75, 3.05) is 24.2 Å². The quantitative estimate of drug-likeness (QED) is 0.214. The van der Waals surface area contributed by atoms with Crippen molar-refractivity contribution in [3.63, 3.8) is 0 Å². The molecule has 2 aliphatic rings. The van der Waals surface area contributed by atoms with E-state index in [9.17, 15) is 44.3 Å². The number of nitrogens with one attached hydrogen (secondary N) is 4. The first-order chi connectivity index (χ1) is 21.2. The van der Waals surface area contributed by atoms with E-state index in [4.69, 9.17) is 23.2 Å². The van der Waals surface area contributed by atoms with Crippen molar-refractivity contribution in [3.05, 3.63) is 87.4 Å². The van der Waals surface area contributed by atoms with Crippen LogP contribution in [0, 0.1) is 6.92 Å². The standard InChI is InChI=1S/C17H14ClF3N2O4S.C10H8ClF3N2O2/c1-10-2-5-12(6-3-10)28(25,26)22-9-16(17(19,20)21)13-8-11(18)4-7-14(13)23-15(24)27-16;1-15-9(10(12,13)14)6-4-5(11)2-3-7(6)16-8(17)18-9/h2-8,22H,9H2,1H3,(H,23,24);2-4,15H,1H3,(H,16,17). The minimum atomic E-state index is -5.13. The van der Waals surface area contributed by atoms with Gasteiger partial charge in [-0.3, -0.25) is 16.0 Å². The average molecular weight is 715 g/mol. The summed E-state index contributed by atoms with van der Waals surface area (Å²) in [4.78, 5) is 22.8. The molecule has 248 valence electrons. The molecule has 0 saturated carbocycles. The predicted octanol–water partition coefficient (Wildman–Crippen LogP) is 6.78. The molecule has 3 aromatic rings. The van der Waals surface area contributed by atoms with Gasteiger partial charge in [0.05, 0.1) is 22.8 Å². The molecule has 0 fully saturated rings. The van der Waals surface area contributed by atoms with Gasteiger partial charge in [0.25, 0.3) is 5.72 Å². The van der Waals surface area contributed by atoms with Crippen LogP contribution in [0.1, 0.15) is 16.7 Å². The molecular weight excluding hydrogens is 693 g/mol. The Hall–Kier alpha value is -3.77. The number of benzene rings is 3. The molecule has 3 aromatic carbocycles. The molecule has 0 saturated heterocycles. The third-order valence-corrected chi connectivity index (χ3v) is 8.70. The van der Waals surface area contributed by atoms with Crippen molar-refractivity contribution in [1.82, 2.24) is 10.0 Å². The van der Waals surface area contributed by atoms with Crippen molar-refractivity contribution >= 4 is 56.8 Å². The second-order valence-electron chi connectivity index (χ2n) is 9.80. The molecule has 0 bridgehead atoms. The molecule has 0 aliphatic carbocycles. The second-order valence-corrected chi connectivity index (χ2v) is 12.4. The zero-order chi connectivity index (χ0) is 34.3. The number of hydrogen-bond donors (Lipinski definition) is 4. The van der Waals surface area contributed by atoms with Gasteiger partial charge in [-0.15, -0.1) is 0 Å². The number of rotatable bonds is 5. The van der Waals surface area contributed by atoms with Crippen molar-refractivity contribution in [2.45, 2.75) is 35.5 Å². The third-order valence-electron chi connectivity index (χ3n) is 6.82. The summed E-state index contributed by atoms with van der Waals surface area (Å²) in [5, 5.41) is 6.42. The number of anilines is 2. The smallest absolute Gasteiger partial charge is 0.426 e. The summed E-state index contributed by atoms with van der Waals surface area (Å²) in [7, 11) is -3.25. The summed E-state index contributed by atoms with van der Waals surface area (Å²) in [5.41, 5.74) is -6.32. The summed E-state index contributed by atoms with van der Waals surface area (Å²) >= 11 is 11.5. The highest BCUT2D eigenvalue weighted by Crippen LogP contribution is 2.48. The number of sulfonamides is 1. The van der Waals surface area contributed by atoms with Gasteiger partial charge >= 0.3 is 24.5 Å². The first kappa shape index (κ1) is 35.1. The van der Waals surface area contributed by atoms with E-state index in [0.717, 1.165) is 24.7 Å². The number of aryl methyl sites for hydroxylation is 1. The van der Waals surface area contributed by atoms with Gasteiger partial charge < -0.3 is 9.47 Å². The molecule has 4 N–H and O–H groups in total. The van der Waals surface area contributed by atoms with Crippen molar-refractivity contribution < 1.29 is 53.8 Å². The van der Waals surface area contributed by atoms with Gasteiger partial charge in [0.1, 0.15) is 0 Å². The van der Waals surface area contributed by atoms with Crippen LogP contribution in [0.15, 0.2) is 65.6 Å². The Morgan fingerprint density at radius 3 is 1.78 bits per heavy atom. The van der Waals surface area contributed by atoms with Gasteiger partial charge in [-0.05, 0) is 62.5 Å². The second kappa shape index (κ2) is 12.4. The van der Waals surface area contributed by atoms with Crippen LogP contribution < -0.4 is 20.7 Å². The SMILES string of the molecule is CNC1(C(F)(F)F)OC(=O)Nc2ccc(Cl)cc21.Cc1ccc(S(=O)(=O)NCC2(C(F)(F)F)OC(=O)Nc3ccc(Cl)cc32)cc1. The van der Waals surface area contributed by atoms with Crippen LogP contribution in [0.4, 0.5) is 47.3 Å². The Morgan fingerprint density at radius 1 is 0.783 bits per heavy atom. The molecule has 2 unspecified atom stereocenters. The maximum atomic E-state index is 14.0. The van der Waals surface area contributed by atoms with Gasteiger partial charge in [-0.1, -0.05) is 40.9 Å². The van der Waals surface area contributed by atoms with Gasteiger partial charge in [-0.25, -0.2) is 22.7 Å². The van der Waals surface area contributed by atoms with Crippen molar-refractivity contribution in [3.8, 4) is 0 Å². The summed E-state index contributed by atoms with van der Waals surface area (Å²) in [6, 6.07) is 12.8. The van der Waals surface area contributed by atoms with Crippen molar-refractivity contribution in [2.24, 2.45) is 0 Å². The molecule has 10 nitrogen and oxygen atoms in total. The molecule has 5 rings (SSSR count). The van der Waals surface area contributed by atoms with E-state index in [2.05, 4.69) is 20.1 Å². The van der Waals surface area contributed by atoms with E-state index in [1.54, 1.807) is 6.92 Å². The molecule has 0 spiro atoms. The van der Waals surface area contributed by atoms with Crippen molar-refractivity contribution in [1.29, 1.82) is 0 Å². The lowest BCUT2D eigenvalue weighted by Crippen LogP contribution is -2.58. The Balaban J connectivity index is 0.000000230. The van der Waals surface area contributed by atoms with Gasteiger partial charge in [0, 0.05) is 21.2 Å². The maximum absolute atomic E-state index is 14.0. The molecule has 2 atom stereocenters. The zero-order valence-electron chi connectivity index (χ0n) is 23.4. The number of fused-ring (bicyclic) bond motifs is 2. The Kier molecular flexibility index (Phi) is 9.49. The molecule has 46 heavy (non-hydrogen) atoms. The van der Waals surface area contributed by atoms with Crippen LogP contribution in [0.25, 0.3) is 0 Å². The minimum Gasteiger partial charge on any atom is -0.426 e. The fourth-order valence-electron chi connectivity index (χ4n) is 4.53. The summed E-state index contributed by atoms with van der Waals surface area (Å²) in [6.45, 7) is 0.477. The Morgan fingerprint density at radius 2 is 1.28 bits per heavy atom. The number of hydrogen-bond acceptors (Lipinski definition) is 7. The number of amides is 2. The highest BCUT2D eigenvalue weighted by molar-refractivity contribution is 7.89. The number of ether oxygens (including phenoxy) is 2.